The Morgan fingerprint density at radius 3 is 2.15 bits per heavy atom. The van der Waals surface area contributed by atoms with Crippen LogP contribution in [-0.2, 0) is 57.1 Å². The first kappa shape index (κ1) is 48.0. The van der Waals surface area contributed by atoms with Crippen LogP contribution in [0.2, 0.25) is 0 Å². The number of rotatable bonds is 17. The third kappa shape index (κ3) is 10.9. The Morgan fingerprint density at radius 2 is 1.53 bits per heavy atom. The third-order valence-corrected chi connectivity index (χ3v) is 15.3. The van der Waals surface area contributed by atoms with Crippen LogP contribution in [0.15, 0.2) is 11.6 Å². The summed E-state index contributed by atoms with van der Waals surface area (Å²) in [5.41, 5.74) is 2.10. The molecule has 0 aromatic carbocycles. The Kier molecular flexibility index (Phi) is 16.0. The SMILES string of the molecule is CO[C@@]1(CN[C@@H]2CC[C@@]3(C)C(=CC[C@H]4[C@@H]5CC[C@H]([C@H](C)CCCC(C)C)[C@@]5(C)CC[C@@H]43)C2)C[C@H](OC(C)=O)[C@@H](OC(C)=O)[C@H]([C@H](OC(C)=O)[C@H](COC(C)=O)OC(C)=O)O1. The number of carbonyl (C=O) groups excluding carboxylic acids is 5. The highest BCUT2D eigenvalue weighted by Crippen LogP contribution is 2.67. The highest BCUT2D eigenvalue weighted by atomic mass is 16.7. The lowest BCUT2D eigenvalue weighted by molar-refractivity contribution is -0.330. The molecule has 0 amide bonds. The fourth-order valence-electron chi connectivity index (χ4n) is 12.5. The maximum Gasteiger partial charge on any atom is 0.303 e. The molecule has 60 heavy (non-hydrogen) atoms. The van der Waals surface area contributed by atoms with E-state index >= 15 is 0 Å². The van der Waals surface area contributed by atoms with Crippen molar-refractivity contribution >= 4 is 29.8 Å². The van der Waals surface area contributed by atoms with Crippen LogP contribution in [-0.4, -0.2) is 92.5 Å². The van der Waals surface area contributed by atoms with Crippen molar-refractivity contribution in [2.24, 2.45) is 46.3 Å². The lowest BCUT2D eigenvalue weighted by atomic mass is 9.47. The lowest BCUT2D eigenvalue weighted by Crippen LogP contribution is -2.66. The van der Waals surface area contributed by atoms with Gasteiger partial charge in [0.2, 0.25) is 0 Å². The fraction of sp³-hybridized carbons (Fsp3) is 0.851. The number of esters is 5. The van der Waals surface area contributed by atoms with Crippen LogP contribution in [0, 0.1) is 46.3 Å². The van der Waals surface area contributed by atoms with E-state index in [2.05, 4.69) is 46.0 Å². The van der Waals surface area contributed by atoms with Gasteiger partial charge in [0.25, 0.3) is 0 Å². The van der Waals surface area contributed by atoms with Gasteiger partial charge in [-0.25, -0.2) is 0 Å². The highest BCUT2D eigenvalue weighted by Gasteiger charge is 2.60. The van der Waals surface area contributed by atoms with Crippen molar-refractivity contribution in [1.82, 2.24) is 5.32 Å². The zero-order valence-corrected chi connectivity index (χ0v) is 38.3. The Balaban J connectivity index is 1.35. The van der Waals surface area contributed by atoms with E-state index in [1.54, 1.807) is 0 Å². The van der Waals surface area contributed by atoms with Crippen molar-refractivity contribution in [1.29, 1.82) is 0 Å². The van der Waals surface area contributed by atoms with E-state index in [9.17, 15) is 24.0 Å². The minimum Gasteiger partial charge on any atom is -0.462 e. The van der Waals surface area contributed by atoms with Gasteiger partial charge in [0, 0.05) is 54.2 Å². The monoisotopic (exact) mass is 846 g/mol. The summed E-state index contributed by atoms with van der Waals surface area (Å²) in [6.07, 6.45) is 9.27. The number of hydrogen-bond donors (Lipinski definition) is 1. The number of methoxy groups -OCH3 is 1. The first-order chi connectivity index (χ1) is 28.2. The summed E-state index contributed by atoms with van der Waals surface area (Å²) in [4.78, 5) is 61.8. The molecule has 1 N–H and O–H groups in total. The van der Waals surface area contributed by atoms with Crippen LogP contribution in [0.5, 0.6) is 0 Å². The van der Waals surface area contributed by atoms with Gasteiger partial charge in [0.1, 0.15) is 18.8 Å². The normalized spacial score (nSPS) is 36.3. The van der Waals surface area contributed by atoms with Gasteiger partial charge < -0.3 is 38.5 Å². The molecule has 0 spiro atoms. The van der Waals surface area contributed by atoms with Crippen LogP contribution in [0.25, 0.3) is 0 Å². The van der Waals surface area contributed by atoms with Crippen molar-refractivity contribution in [2.45, 2.75) is 189 Å². The Bertz CT molecular complexity index is 1580. The lowest BCUT2D eigenvalue weighted by Gasteiger charge is -2.58. The molecule has 1 aliphatic heterocycles. The summed E-state index contributed by atoms with van der Waals surface area (Å²) >= 11 is 0. The van der Waals surface area contributed by atoms with Gasteiger partial charge in [0.05, 0.1) is 6.54 Å². The van der Waals surface area contributed by atoms with Gasteiger partial charge in [0.15, 0.2) is 24.1 Å². The van der Waals surface area contributed by atoms with Crippen LogP contribution in [0.4, 0.5) is 0 Å². The minimum absolute atomic E-state index is 0.0339. The van der Waals surface area contributed by atoms with Crippen LogP contribution in [0.1, 0.15) is 146 Å². The largest absolute Gasteiger partial charge is 0.462 e. The van der Waals surface area contributed by atoms with E-state index in [1.165, 1.54) is 78.4 Å². The van der Waals surface area contributed by atoms with E-state index in [-0.39, 0.29) is 24.4 Å². The Morgan fingerprint density at radius 1 is 0.833 bits per heavy atom. The predicted molar refractivity (Wildman–Crippen MR) is 223 cm³/mol. The second-order valence-electron chi connectivity index (χ2n) is 19.8. The summed E-state index contributed by atoms with van der Waals surface area (Å²) in [7, 11) is 1.47. The van der Waals surface area contributed by atoms with E-state index in [4.69, 9.17) is 33.2 Å². The molecular weight excluding hydrogens is 771 g/mol. The maximum absolute atomic E-state index is 12.6. The number of hydrogen-bond acceptors (Lipinski definition) is 13. The maximum atomic E-state index is 12.6. The van der Waals surface area contributed by atoms with Gasteiger partial charge in [-0.05, 0) is 97.7 Å². The molecule has 0 bridgehead atoms. The zero-order valence-electron chi connectivity index (χ0n) is 38.3. The van der Waals surface area contributed by atoms with Crippen molar-refractivity contribution in [2.75, 3.05) is 20.3 Å². The summed E-state index contributed by atoms with van der Waals surface area (Å²) in [6.45, 7) is 17.9. The number of carbonyl (C=O) groups is 5. The summed E-state index contributed by atoms with van der Waals surface area (Å²) in [5.74, 6) is -0.460. The molecule has 14 atom stereocenters. The first-order valence-corrected chi connectivity index (χ1v) is 22.7. The quantitative estimate of drug-likeness (QED) is 0.0876. The van der Waals surface area contributed by atoms with E-state index in [0.717, 1.165) is 69.1 Å². The van der Waals surface area contributed by atoms with Gasteiger partial charge in [-0.3, -0.25) is 24.0 Å². The molecule has 4 fully saturated rings. The Labute approximate surface area is 358 Å². The molecular formula is C47H75NO12. The Hall–Kier alpha value is -3.03. The summed E-state index contributed by atoms with van der Waals surface area (Å²) < 4.78 is 40.8. The minimum atomic E-state index is -1.48. The molecule has 340 valence electrons. The molecule has 4 aliphatic carbocycles. The summed E-state index contributed by atoms with van der Waals surface area (Å²) in [6, 6.07) is 0.103. The zero-order chi connectivity index (χ0) is 44.2. The average molecular weight is 846 g/mol. The van der Waals surface area contributed by atoms with Crippen molar-refractivity contribution in [3.8, 4) is 0 Å². The van der Waals surface area contributed by atoms with Crippen molar-refractivity contribution in [3.05, 3.63) is 11.6 Å². The molecule has 3 saturated carbocycles. The molecule has 0 aromatic heterocycles. The molecule has 13 heteroatoms. The van der Waals surface area contributed by atoms with E-state index in [1.807, 2.05) is 0 Å². The van der Waals surface area contributed by atoms with Crippen LogP contribution < -0.4 is 5.32 Å². The molecule has 5 aliphatic rings. The predicted octanol–water partition coefficient (Wildman–Crippen LogP) is 7.41. The molecule has 1 saturated heterocycles. The second-order valence-corrected chi connectivity index (χ2v) is 19.8. The third-order valence-electron chi connectivity index (χ3n) is 15.3. The van der Waals surface area contributed by atoms with Crippen LogP contribution in [0.3, 0.4) is 0 Å². The number of allylic oxidation sites excluding steroid dienone is 1. The molecule has 0 radical (unpaired) electrons. The molecule has 5 rings (SSSR count). The number of fused-ring (bicyclic) bond motifs is 5. The van der Waals surface area contributed by atoms with Gasteiger partial charge in [-0.1, -0.05) is 65.5 Å². The van der Waals surface area contributed by atoms with E-state index < -0.39 is 72.8 Å². The smallest absolute Gasteiger partial charge is 0.303 e. The van der Waals surface area contributed by atoms with Crippen molar-refractivity contribution < 1.29 is 57.1 Å². The van der Waals surface area contributed by atoms with Gasteiger partial charge >= 0.3 is 29.8 Å². The molecule has 1 heterocycles. The topological polar surface area (TPSA) is 162 Å². The standard InChI is InChI=1S/C47H75NO12/c1-27(2)13-12-14-28(3)37-17-18-38-36-16-15-34-23-35(19-21-45(34,9)39(36)20-22-46(37,38)10)48-26-47(54-11)24-40(56-30(5)50)42(58-32(7)52)44(60-47)43(59-33(8)53)41(57-31(6)51)25-55-29(4)49/h15,27-28,35-44,48H,12-14,16-26H2,1-11H3/t28-,35-,36+,37-,38+,39+,40+,41+,42-,43-,44-,45+,46-,47+/m1/s1. The summed E-state index contributed by atoms with van der Waals surface area (Å²) in [5, 5.41) is 3.72. The van der Waals surface area contributed by atoms with E-state index in [0.29, 0.717) is 11.3 Å². The van der Waals surface area contributed by atoms with Crippen molar-refractivity contribution in [3.63, 3.8) is 0 Å². The highest BCUT2D eigenvalue weighted by molar-refractivity contribution is 5.69. The number of nitrogens with one attached hydrogen (secondary N) is 1. The first-order valence-electron chi connectivity index (χ1n) is 22.7. The van der Waals surface area contributed by atoms with Crippen LogP contribution >= 0.6 is 0 Å². The molecule has 13 nitrogen and oxygen atoms in total. The number of ether oxygens (including phenoxy) is 7. The fourth-order valence-corrected chi connectivity index (χ4v) is 12.5. The average Bonchev–Trinajstić information content (AvgIpc) is 3.52. The van der Waals surface area contributed by atoms with Gasteiger partial charge in [-0.2, -0.15) is 0 Å². The molecule has 0 aromatic rings. The molecule has 0 unspecified atom stereocenters. The second kappa shape index (κ2) is 20.0. The van der Waals surface area contributed by atoms with Gasteiger partial charge in [-0.15, -0.1) is 0 Å².